The molecule has 1 aliphatic rings. The number of aromatic nitrogens is 1. The molecule has 0 unspecified atom stereocenters. The van der Waals surface area contributed by atoms with Gasteiger partial charge in [0.2, 0.25) is 5.82 Å². The lowest BCUT2D eigenvalue weighted by atomic mass is 10.0. The Hall–Kier alpha value is -1.23. The molecule has 0 radical (unpaired) electrons. The first kappa shape index (κ1) is 14.2. The van der Waals surface area contributed by atoms with Crippen LogP contribution in [0, 0.1) is 11.6 Å². The fourth-order valence-electron chi connectivity index (χ4n) is 2.37. The topological polar surface area (TPSA) is 19.4 Å². The minimum atomic E-state index is -0.809. The van der Waals surface area contributed by atoms with Crippen molar-refractivity contribution in [2.24, 2.45) is 0 Å². The number of hydrogen-bond acceptors (Lipinski definition) is 3. The van der Waals surface area contributed by atoms with Crippen LogP contribution in [0.25, 0.3) is 0 Å². The second-order valence-corrected chi connectivity index (χ2v) is 5.24. The first-order chi connectivity index (χ1) is 9.04. The molecule has 1 fully saturated rings. The van der Waals surface area contributed by atoms with Crippen LogP contribution in [0.15, 0.2) is 6.20 Å². The summed E-state index contributed by atoms with van der Waals surface area (Å²) in [6, 6.07) is 0. The Morgan fingerprint density at radius 1 is 1.16 bits per heavy atom. The molecule has 2 rings (SSSR count). The Kier molecular flexibility index (Phi) is 4.34. The Morgan fingerprint density at radius 2 is 1.79 bits per heavy atom. The summed E-state index contributed by atoms with van der Waals surface area (Å²) < 4.78 is 28.1. The number of hydrogen-bond donors (Lipinski definition) is 0. The molecular formula is C14H21F2N3. The molecule has 0 aromatic carbocycles. The third-order valence-corrected chi connectivity index (χ3v) is 3.71. The van der Waals surface area contributed by atoms with Crippen molar-refractivity contribution in [2.45, 2.75) is 26.7 Å². The minimum Gasteiger partial charge on any atom is -0.352 e. The summed E-state index contributed by atoms with van der Waals surface area (Å²) in [7, 11) is 0. The Labute approximate surface area is 113 Å². The summed E-state index contributed by atoms with van der Waals surface area (Å²) in [4.78, 5) is 8.24. The Morgan fingerprint density at radius 3 is 2.32 bits per heavy atom. The van der Waals surface area contributed by atoms with Crippen molar-refractivity contribution >= 4 is 5.82 Å². The van der Waals surface area contributed by atoms with Gasteiger partial charge in [0, 0.05) is 37.9 Å². The van der Waals surface area contributed by atoms with E-state index in [1.807, 2.05) is 18.7 Å². The molecule has 1 aromatic heterocycles. The largest absolute Gasteiger partial charge is 0.352 e. The predicted octanol–water partition coefficient (Wildman–Crippen LogP) is 2.63. The molecule has 106 valence electrons. The van der Waals surface area contributed by atoms with Crippen LogP contribution in [0.3, 0.4) is 0 Å². The molecule has 2 heterocycles. The van der Waals surface area contributed by atoms with Gasteiger partial charge >= 0.3 is 0 Å². The van der Waals surface area contributed by atoms with Crippen molar-refractivity contribution in [3.63, 3.8) is 0 Å². The average molecular weight is 269 g/mol. The molecule has 1 aliphatic heterocycles. The van der Waals surface area contributed by atoms with E-state index < -0.39 is 11.6 Å². The molecule has 0 atom stereocenters. The lowest BCUT2D eigenvalue weighted by molar-refractivity contribution is 0.269. The van der Waals surface area contributed by atoms with Crippen LogP contribution < -0.4 is 4.90 Å². The predicted molar refractivity (Wildman–Crippen MR) is 72.6 cm³/mol. The summed E-state index contributed by atoms with van der Waals surface area (Å²) >= 11 is 0. The molecule has 19 heavy (non-hydrogen) atoms. The molecule has 0 saturated carbocycles. The van der Waals surface area contributed by atoms with E-state index in [-0.39, 0.29) is 11.7 Å². The van der Waals surface area contributed by atoms with Crippen LogP contribution in [0.1, 0.15) is 32.3 Å². The fraction of sp³-hybridized carbons (Fsp3) is 0.643. The van der Waals surface area contributed by atoms with Gasteiger partial charge in [-0.05, 0) is 12.5 Å². The highest BCUT2D eigenvalue weighted by molar-refractivity contribution is 5.43. The van der Waals surface area contributed by atoms with Crippen molar-refractivity contribution < 1.29 is 8.78 Å². The van der Waals surface area contributed by atoms with Gasteiger partial charge in [-0.25, -0.2) is 9.37 Å². The molecule has 0 bridgehead atoms. The minimum absolute atomic E-state index is 0.0620. The van der Waals surface area contributed by atoms with E-state index in [1.54, 1.807) is 0 Å². The molecule has 0 N–H and O–H groups in total. The van der Waals surface area contributed by atoms with Crippen LogP contribution in [0.5, 0.6) is 0 Å². The van der Waals surface area contributed by atoms with Gasteiger partial charge in [0.15, 0.2) is 11.6 Å². The van der Waals surface area contributed by atoms with Crippen molar-refractivity contribution in [1.82, 2.24) is 9.88 Å². The van der Waals surface area contributed by atoms with Crippen LogP contribution in [-0.4, -0.2) is 42.6 Å². The SMILES string of the molecule is CCN1CCN(c2ncc(C(C)C)c(F)c2F)CC1. The molecular weight excluding hydrogens is 248 g/mol. The smallest absolute Gasteiger partial charge is 0.201 e. The molecule has 3 nitrogen and oxygen atoms in total. The van der Waals surface area contributed by atoms with E-state index >= 15 is 0 Å². The summed E-state index contributed by atoms with van der Waals surface area (Å²) in [6.45, 7) is 9.88. The van der Waals surface area contributed by atoms with Gasteiger partial charge in [-0.3, -0.25) is 0 Å². The maximum absolute atomic E-state index is 14.1. The third kappa shape index (κ3) is 2.86. The number of likely N-dealkylation sites (N-methyl/N-ethyl adjacent to an activating group) is 1. The van der Waals surface area contributed by atoms with Gasteiger partial charge in [0.05, 0.1) is 0 Å². The van der Waals surface area contributed by atoms with Gasteiger partial charge in [-0.15, -0.1) is 0 Å². The maximum atomic E-state index is 14.1. The Balaban J connectivity index is 2.20. The number of halogens is 2. The van der Waals surface area contributed by atoms with Gasteiger partial charge in [-0.1, -0.05) is 20.8 Å². The van der Waals surface area contributed by atoms with Crippen LogP contribution in [-0.2, 0) is 0 Å². The van der Waals surface area contributed by atoms with E-state index in [2.05, 4.69) is 16.8 Å². The van der Waals surface area contributed by atoms with Crippen LogP contribution in [0.2, 0.25) is 0 Å². The zero-order valence-electron chi connectivity index (χ0n) is 11.8. The highest BCUT2D eigenvalue weighted by Crippen LogP contribution is 2.26. The normalized spacial score (nSPS) is 17.3. The number of piperazine rings is 1. The third-order valence-electron chi connectivity index (χ3n) is 3.71. The summed E-state index contributed by atoms with van der Waals surface area (Å²) in [5, 5.41) is 0. The summed E-state index contributed by atoms with van der Waals surface area (Å²) in [6.07, 6.45) is 1.46. The van der Waals surface area contributed by atoms with Crippen molar-refractivity contribution in [3.05, 3.63) is 23.4 Å². The molecule has 1 aromatic rings. The van der Waals surface area contributed by atoms with E-state index in [9.17, 15) is 8.78 Å². The van der Waals surface area contributed by atoms with Crippen LogP contribution in [0.4, 0.5) is 14.6 Å². The maximum Gasteiger partial charge on any atom is 0.201 e. The first-order valence-corrected chi connectivity index (χ1v) is 6.85. The standard InChI is InChI=1S/C14H21F2N3/c1-4-18-5-7-19(8-6-18)14-13(16)12(15)11(9-17-14)10(2)3/h9-10H,4-8H2,1-3H3. The molecule has 0 amide bonds. The molecule has 1 saturated heterocycles. The average Bonchev–Trinajstić information content (AvgIpc) is 2.41. The van der Waals surface area contributed by atoms with E-state index in [0.717, 1.165) is 19.6 Å². The molecule has 5 heteroatoms. The zero-order chi connectivity index (χ0) is 14.0. The summed E-state index contributed by atoms with van der Waals surface area (Å²) in [5.74, 6) is -1.47. The van der Waals surface area contributed by atoms with Gasteiger partial charge in [0.25, 0.3) is 0 Å². The van der Waals surface area contributed by atoms with Gasteiger partial charge < -0.3 is 9.80 Å². The fourth-order valence-corrected chi connectivity index (χ4v) is 2.37. The van der Waals surface area contributed by atoms with Gasteiger partial charge in [0.1, 0.15) is 0 Å². The molecule has 0 aliphatic carbocycles. The highest BCUT2D eigenvalue weighted by atomic mass is 19.2. The highest BCUT2D eigenvalue weighted by Gasteiger charge is 2.23. The van der Waals surface area contributed by atoms with Crippen LogP contribution >= 0.6 is 0 Å². The first-order valence-electron chi connectivity index (χ1n) is 6.85. The van der Waals surface area contributed by atoms with E-state index in [1.165, 1.54) is 6.20 Å². The number of nitrogens with zero attached hydrogens (tertiary/aromatic N) is 3. The lowest BCUT2D eigenvalue weighted by Crippen LogP contribution is -2.46. The Bertz CT molecular complexity index is 441. The van der Waals surface area contributed by atoms with E-state index in [4.69, 9.17) is 0 Å². The van der Waals surface area contributed by atoms with E-state index in [0.29, 0.717) is 18.7 Å². The van der Waals surface area contributed by atoms with Crippen molar-refractivity contribution in [3.8, 4) is 0 Å². The van der Waals surface area contributed by atoms with Crippen molar-refractivity contribution in [1.29, 1.82) is 0 Å². The lowest BCUT2D eigenvalue weighted by Gasteiger charge is -2.35. The summed E-state index contributed by atoms with van der Waals surface area (Å²) in [5.41, 5.74) is 0.341. The second-order valence-electron chi connectivity index (χ2n) is 5.24. The number of anilines is 1. The second kappa shape index (κ2) is 5.82. The number of rotatable bonds is 3. The monoisotopic (exact) mass is 269 g/mol. The van der Waals surface area contributed by atoms with Crippen molar-refractivity contribution in [2.75, 3.05) is 37.6 Å². The van der Waals surface area contributed by atoms with Gasteiger partial charge in [-0.2, -0.15) is 4.39 Å². The number of pyridine rings is 1. The molecule has 0 spiro atoms. The zero-order valence-corrected chi connectivity index (χ0v) is 11.8. The quantitative estimate of drug-likeness (QED) is 0.841.